The second-order valence-electron chi connectivity index (χ2n) is 5.55. The molecule has 2 aromatic rings. The van der Waals surface area contributed by atoms with Crippen molar-refractivity contribution in [2.24, 2.45) is 5.92 Å². The van der Waals surface area contributed by atoms with E-state index in [0.29, 0.717) is 6.42 Å². The SMILES string of the molecule is CCC1=C(c2ccccc2)C(C(=O)OC)Cc2ccccc21. The average molecular weight is 292 g/mol. The minimum atomic E-state index is -0.225. The van der Waals surface area contributed by atoms with Crippen LogP contribution in [0.15, 0.2) is 54.6 Å². The molecule has 1 aliphatic carbocycles. The summed E-state index contributed by atoms with van der Waals surface area (Å²) in [6.45, 7) is 2.15. The Morgan fingerprint density at radius 3 is 2.45 bits per heavy atom. The van der Waals surface area contributed by atoms with E-state index in [1.165, 1.54) is 23.8 Å². The molecule has 0 amide bonds. The summed E-state index contributed by atoms with van der Waals surface area (Å²) in [5.41, 5.74) is 5.99. The standard InChI is InChI=1S/C20H20O2/c1-3-16-17-12-8-7-11-15(17)13-18(20(21)22-2)19(16)14-9-5-4-6-10-14/h4-12,18H,3,13H2,1-2H3. The number of hydrogen-bond donors (Lipinski definition) is 0. The van der Waals surface area contributed by atoms with Gasteiger partial charge in [-0.15, -0.1) is 0 Å². The van der Waals surface area contributed by atoms with Crippen LogP contribution in [0.25, 0.3) is 11.1 Å². The highest BCUT2D eigenvalue weighted by molar-refractivity contribution is 6.02. The van der Waals surface area contributed by atoms with Gasteiger partial charge < -0.3 is 4.74 Å². The van der Waals surface area contributed by atoms with Gasteiger partial charge in [0.2, 0.25) is 0 Å². The number of esters is 1. The van der Waals surface area contributed by atoms with Crippen molar-refractivity contribution in [1.29, 1.82) is 0 Å². The van der Waals surface area contributed by atoms with Gasteiger partial charge in [0.25, 0.3) is 0 Å². The van der Waals surface area contributed by atoms with Crippen molar-refractivity contribution in [3.63, 3.8) is 0 Å². The number of fused-ring (bicyclic) bond motifs is 1. The minimum absolute atomic E-state index is 0.153. The van der Waals surface area contributed by atoms with E-state index in [9.17, 15) is 4.79 Å². The first kappa shape index (κ1) is 14.6. The van der Waals surface area contributed by atoms with Gasteiger partial charge in [0.1, 0.15) is 0 Å². The zero-order valence-corrected chi connectivity index (χ0v) is 13.0. The number of ether oxygens (including phenoxy) is 1. The van der Waals surface area contributed by atoms with Crippen LogP contribution in [0, 0.1) is 5.92 Å². The number of hydrogen-bond acceptors (Lipinski definition) is 2. The van der Waals surface area contributed by atoms with Crippen molar-refractivity contribution in [3.8, 4) is 0 Å². The predicted molar refractivity (Wildman–Crippen MR) is 89.2 cm³/mol. The normalized spacial score (nSPS) is 17.1. The van der Waals surface area contributed by atoms with E-state index < -0.39 is 0 Å². The number of carbonyl (C=O) groups excluding carboxylic acids is 1. The van der Waals surface area contributed by atoms with Gasteiger partial charge in [0.15, 0.2) is 0 Å². The maximum atomic E-state index is 12.4. The summed E-state index contributed by atoms with van der Waals surface area (Å²) < 4.78 is 5.08. The van der Waals surface area contributed by atoms with Gasteiger partial charge in [0, 0.05) is 0 Å². The van der Waals surface area contributed by atoms with Crippen molar-refractivity contribution >= 4 is 17.1 Å². The molecule has 2 nitrogen and oxygen atoms in total. The highest BCUT2D eigenvalue weighted by Crippen LogP contribution is 2.42. The summed E-state index contributed by atoms with van der Waals surface area (Å²) in [4.78, 5) is 12.4. The first-order valence-corrected chi connectivity index (χ1v) is 7.70. The molecule has 0 N–H and O–H groups in total. The molecule has 1 aliphatic rings. The Bertz CT molecular complexity index is 713. The molecular weight excluding hydrogens is 272 g/mol. The van der Waals surface area contributed by atoms with Crippen molar-refractivity contribution < 1.29 is 9.53 Å². The lowest BCUT2D eigenvalue weighted by Crippen LogP contribution is -2.25. The van der Waals surface area contributed by atoms with Crippen LogP contribution in [0.2, 0.25) is 0 Å². The number of allylic oxidation sites excluding steroid dienone is 1. The third kappa shape index (κ3) is 2.45. The smallest absolute Gasteiger partial charge is 0.313 e. The third-order valence-corrected chi connectivity index (χ3v) is 4.36. The second kappa shape index (κ2) is 6.18. The summed E-state index contributed by atoms with van der Waals surface area (Å²) in [5.74, 6) is -0.378. The van der Waals surface area contributed by atoms with Crippen LogP contribution in [-0.2, 0) is 16.0 Å². The molecule has 0 aromatic heterocycles. The fourth-order valence-electron chi connectivity index (χ4n) is 3.39. The molecule has 0 saturated heterocycles. The molecule has 0 heterocycles. The zero-order valence-electron chi connectivity index (χ0n) is 13.0. The fraction of sp³-hybridized carbons (Fsp3) is 0.250. The van der Waals surface area contributed by atoms with Crippen LogP contribution < -0.4 is 0 Å². The number of carbonyl (C=O) groups is 1. The first-order valence-electron chi connectivity index (χ1n) is 7.70. The molecule has 112 valence electrons. The summed E-state index contributed by atoms with van der Waals surface area (Å²) in [5, 5.41) is 0. The topological polar surface area (TPSA) is 26.3 Å². The van der Waals surface area contributed by atoms with E-state index in [1.54, 1.807) is 0 Å². The van der Waals surface area contributed by atoms with Crippen molar-refractivity contribution in [1.82, 2.24) is 0 Å². The largest absolute Gasteiger partial charge is 0.469 e. The molecule has 1 unspecified atom stereocenters. The molecule has 2 heteroatoms. The van der Waals surface area contributed by atoms with Crippen LogP contribution >= 0.6 is 0 Å². The zero-order chi connectivity index (χ0) is 15.5. The molecule has 22 heavy (non-hydrogen) atoms. The Morgan fingerprint density at radius 2 is 1.77 bits per heavy atom. The van der Waals surface area contributed by atoms with Crippen molar-refractivity contribution in [3.05, 3.63) is 71.3 Å². The van der Waals surface area contributed by atoms with E-state index in [1.807, 2.05) is 24.3 Å². The van der Waals surface area contributed by atoms with Gasteiger partial charge in [-0.1, -0.05) is 61.5 Å². The highest BCUT2D eigenvalue weighted by atomic mass is 16.5. The summed E-state index contributed by atoms with van der Waals surface area (Å²) >= 11 is 0. The molecule has 3 rings (SSSR count). The lowest BCUT2D eigenvalue weighted by atomic mass is 9.75. The average Bonchev–Trinajstić information content (AvgIpc) is 2.60. The summed E-state index contributed by atoms with van der Waals surface area (Å²) in [6.07, 6.45) is 1.60. The lowest BCUT2D eigenvalue weighted by Gasteiger charge is -2.29. The van der Waals surface area contributed by atoms with E-state index >= 15 is 0 Å². The van der Waals surface area contributed by atoms with Crippen LogP contribution in [0.1, 0.15) is 30.0 Å². The first-order chi connectivity index (χ1) is 10.8. The number of rotatable bonds is 3. The fourth-order valence-corrected chi connectivity index (χ4v) is 3.39. The van der Waals surface area contributed by atoms with Crippen LogP contribution in [0.5, 0.6) is 0 Å². The van der Waals surface area contributed by atoms with Gasteiger partial charge in [-0.2, -0.15) is 0 Å². The second-order valence-corrected chi connectivity index (χ2v) is 5.55. The Balaban J connectivity index is 2.25. The molecule has 0 fully saturated rings. The Labute approximate surface area is 131 Å². The lowest BCUT2D eigenvalue weighted by molar-refractivity contribution is -0.143. The van der Waals surface area contributed by atoms with Crippen LogP contribution in [-0.4, -0.2) is 13.1 Å². The third-order valence-electron chi connectivity index (χ3n) is 4.36. The molecule has 0 radical (unpaired) electrons. The molecule has 0 bridgehead atoms. The highest BCUT2D eigenvalue weighted by Gasteiger charge is 2.32. The van der Waals surface area contributed by atoms with E-state index in [0.717, 1.165) is 17.6 Å². The number of methoxy groups -OCH3 is 1. The predicted octanol–water partition coefficient (Wildman–Crippen LogP) is 4.35. The van der Waals surface area contributed by atoms with Gasteiger partial charge in [0.05, 0.1) is 13.0 Å². The monoisotopic (exact) mass is 292 g/mol. The van der Waals surface area contributed by atoms with Gasteiger partial charge >= 0.3 is 5.97 Å². The summed E-state index contributed by atoms with van der Waals surface area (Å²) in [6, 6.07) is 18.6. The van der Waals surface area contributed by atoms with Gasteiger partial charge in [-0.25, -0.2) is 0 Å². The Kier molecular flexibility index (Phi) is 4.10. The van der Waals surface area contributed by atoms with E-state index in [4.69, 9.17) is 4.74 Å². The molecular formula is C20H20O2. The maximum Gasteiger partial charge on any atom is 0.313 e. The molecule has 2 aromatic carbocycles. The van der Waals surface area contributed by atoms with E-state index in [-0.39, 0.29) is 11.9 Å². The number of benzene rings is 2. The van der Waals surface area contributed by atoms with Crippen LogP contribution in [0.4, 0.5) is 0 Å². The summed E-state index contributed by atoms with van der Waals surface area (Å²) in [7, 11) is 1.47. The Morgan fingerprint density at radius 1 is 1.09 bits per heavy atom. The van der Waals surface area contributed by atoms with Crippen LogP contribution in [0.3, 0.4) is 0 Å². The minimum Gasteiger partial charge on any atom is -0.469 e. The molecule has 0 saturated carbocycles. The van der Waals surface area contributed by atoms with Gasteiger partial charge in [-0.3, -0.25) is 4.79 Å². The molecule has 0 spiro atoms. The Hall–Kier alpha value is -2.35. The maximum absolute atomic E-state index is 12.4. The van der Waals surface area contributed by atoms with Crippen molar-refractivity contribution in [2.75, 3.05) is 7.11 Å². The van der Waals surface area contributed by atoms with Crippen molar-refractivity contribution in [2.45, 2.75) is 19.8 Å². The molecule has 0 aliphatic heterocycles. The quantitative estimate of drug-likeness (QED) is 0.786. The van der Waals surface area contributed by atoms with E-state index in [2.05, 4.69) is 37.3 Å². The molecule has 1 atom stereocenters. The van der Waals surface area contributed by atoms with Gasteiger partial charge in [-0.05, 0) is 40.7 Å².